The fourth-order valence-corrected chi connectivity index (χ4v) is 3.56. The summed E-state index contributed by atoms with van der Waals surface area (Å²) in [4.78, 5) is 23.3. The van der Waals surface area contributed by atoms with E-state index in [2.05, 4.69) is 15.3 Å². The molecule has 1 fully saturated rings. The summed E-state index contributed by atoms with van der Waals surface area (Å²) in [6, 6.07) is 6.47. The Morgan fingerprint density at radius 1 is 1.35 bits per heavy atom. The normalized spacial score (nSPS) is 17.2. The van der Waals surface area contributed by atoms with Gasteiger partial charge in [0, 0.05) is 39.0 Å². The highest BCUT2D eigenvalue weighted by atomic mass is 19.1. The maximum atomic E-state index is 13.3. The summed E-state index contributed by atoms with van der Waals surface area (Å²) in [5.41, 5.74) is 1.82. The van der Waals surface area contributed by atoms with Gasteiger partial charge in [0.2, 0.25) is 5.91 Å². The highest BCUT2D eigenvalue weighted by molar-refractivity contribution is 5.76. The van der Waals surface area contributed by atoms with E-state index in [-0.39, 0.29) is 11.7 Å². The largest absolute Gasteiger partial charge is 0.372 e. The van der Waals surface area contributed by atoms with Crippen LogP contribution in [0.1, 0.15) is 30.5 Å². The number of likely N-dealkylation sites (tertiary alicyclic amines) is 1. The van der Waals surface area contributed by atoms with Gasteiger partial charge in [-0.1, -0.05) is 12.1 Å². The maximum absolute atomic E-state index is 13.3. The van der Waals surface area contributed by atoms with Crippen molar-refractivity contribution in [1.82, 2.24) is 14.9 Å². The molecule has 1 aromatic heterocycles. The van der Waals surface area contributed by atoms with E-state index in [4.69, 9.17) is 0 Å². The molecule has 2 aromatic rings. The van der Waals surface area contributed by atoms with E-state index >= 15 is 0 Å². The molecule has 0 unspecified atom stereocenters. The van der Waals surface area contributed by atoms with Gasteiger partial charge in [0.25, 0.3) is 0 Å². The lowest BCUT2D eigenvalue weighted by Crippen LogP contribution is -2.40. The molecule has 5 nitrogen and oxygen atoms in total. The minimum absolute atomic E-state index is 0.145. The number of carbonyl (C=O) groups is 1. The number of benzene rings is 1. The van der Waals surface area contributed by atoms with E-state index in [0.29, 0.717) is 18.8 Å². The number of carbonyl (C=O) groups excluding carboxylic acids is 1. The number of rotatable bonds is 6. The molecule has 1 aliphatic rings. The molecule has 138 valence electrons. The minimum Gasteiger partial charge on any atom is -0.372 e. The highest BCUT2D eigenvalue weighted by Gasteiger charge is 2.24. The summed E-state index contributed by atoms with van der Waals surface area (Å²) in [7, 11) is 1.84. The van der Waals surface area contributed by atoms with Gasteiger partial charge in [0.15, 0.2) is 0 Å². The van der Waals surface area contributed by atoms with Crippen LogP contribution in [0, 0.1) is 11.7 Å². The van der Waals surface area contributed by atoms with Crippen LogP contribution in [0.5, 0.6) is 0 Å². The number of nitrogens with zero attached hydrogens (tertiary/aromatic N) is 3. The molecule has 1 atom stereocenters. The first kappa shape index (κ1) is 18.3. The van der Waals surface area contributed by atoms with Gasteiger partial charge >= 0.3 is 0 Å². The zero-order chi connectivity index (χ0) is 18.4. The molecular formula is C20H25FN4O. The first-order valence-electron chi connectivity index (χ1n) is 9.15. The number of hydrogen-bond donors (Lipinski definition) is 1. The number of amides is 1. The topological polar surface area (TPSA) is 58.1 Å². The van der Waals surface area contributed by atoms with Gasteiger partial charge in [-0.05, 0) is 49.3 Å². The summed E-state index contributed by atoms with van der Waals surface area (Å²) in [5, 5.41) is 3.08. The Morgan fingerprint density at radius 3 is 3.00 bits per heavy atom. The second kappa shape index (κ2) is 8.74. The number of hydrogen-bond acceptors (Lipinski definition) is 4. The number of anilines is 1. The summed E-state index contributed by atoms with van der Waals surface area (Å²) in [6.45, 7) is 1.56. The predicted molar refractivity (Wildman–Crippen MR) is 99.3 cm³/mol. The maximum Gasteiger partial charge on any atom is 0.222 e. The first-order valence-corrected chi connectivity index (χ1v) is 9.15. The van der Waals surface area contributed by atoms with Gasteiger partial charge in [-0.15, -0.1) is 0 Å². The van der Waals surface area contributed by atoms with Crippen LogP contribution in [0.25, 0.3) is 0 Å². The molecule has 26 heavy (non-hydrogen) atoms. The van der Waals surface area contributed by atoms with Crippen LogP contribution < -0.4 is 5.32 Å². The van der Waals surface area contributed by atoms with E-state index in [1.54, 1.807) is 18.5 Å². The second-order valence-electron chi connectivity index (χ2n) is 6.78. The van der Waals surface area contributed by atoms with Crippen molar-refractivity contribution < 1.29 is 9.18 Å². The van der Waals surface area contributed by atoms with Gasteiger partial charge in [0.1, 0.15) is 11.6 Å². The van der Waals surface area contributed by atoms with Gasteiger partial charge in [0.05, 0.1) is 5.69 Å². The van der Waals surface area contributed by atoms with Crippen molar-refractivity contribution in [2.45, 2.75) is 32.1 Å². The SMILES string of the molecule is CNc1nccnc1C[C@@H]1CCCN(C(=O)CCc2cccc(F)c2)C1. The molecule has 1 N–H and O–H groups in total. The molecular weight excluding hydrogens is 331 g/mol. The molecule has 1 aliphatic heterocycles. The molecule has 1 aromatic carbocycles. The van der Waals surface area contributed by atoms with Crippen molar-refractivity contribution in [3.05, 3.63) is 53.7 Å². The summed E-state index contributed by atoms with van der Waals surface area (Å²) in [6.07, 6.45) is 7.30. The van der Waals surface area contributed by atoms with Gasteiger partial charge in [-0.25, -0.2) is 9.37 Å². The lowest BCUT2D eigenvalue weighted by Gasteiger charge is -2.33. The van der Waals surface area contributed by atoms with Crippen LogP contribution in [0.3, 0.4) is 0 Å². The molecule has 1 saturated heterocycles. The molecule has 6 heteroatoms. The molecule has 0 spiro atoms. The Bertz CT molecular complexity index is 752. The number of halogens is 1. The third kappa shape index (κ3) is 4.77. The van der Waals surface area contributed by atoms with Crippen LogP contribution in [-0.4, -0.2) is 40.9 Å². The van der Waals surface area contributed by atoms with E-state index in [9.17, 15) is 9.18 Å². The minimum atomic E-state index is -0.253. The molecule has 1 amide bonds. The summed E-state index contributed by atoms with van der Waals surface area (Å²) < 4.78 is 13.3. The molecule has 0 radical (unpaired) electrons. The number of piperidine rings is 1. The lowest BCUT2D eigenvalue weighted by atomic mass is 9.92. The standard InChI is InChI=1S/C20H25FN4O/c1-22-20-18(23-9-10-24-20)13-16-5-3-11-25(14-16)19(26)8-7-15-4-2-6-17(21)12-15/h2,4,6,9-10,12,16H,3,5,7-8,11,13-14H2,1H3,(H,22,24)/t16-/m0/s1. The monoisotopic (exact) mass is 356 g/mol. The molecule has 2 heterocycles. The van der Waals surface area contributed by atoms with Crippen LogP contribution >= 0.6 is 0 Å². The van der Waals surface area contributed by atoms with E-state index in [0.717, 1.165) is 49.4 Å². The average Bonchev–Trinajstić information content (AvgIpc) is 2.67. The van der Waals surface area contributed by atoms with Crippen LogP contribution in [-0.2, 0) is 17.6 Å². The lowest BCUT2D eigenvalue weighted by molar-refractivity contribution is -0.133. The third-order valence-electron chi connectivity index (χ3n) is 4.88. The van der Waals surface area contributed by atoms with Crippen LogP contribution in [0.15, 0.2) is 36.7 Å². The van der Waals surface area contributed by atoms with E-state index in [1.165, 1.54) is 12.1 Å². The molecule has 0 bridgehead atoms. The smallest absolute Gasteiger partial charge is 0.222 e. The van der Waals surface area contributed by atoms with Gasteiger partial charge in [-0.2, -0.15) is 0 Å². The van der Waals surface area contributed by atoms with Crippen molar-refractivity contribution in [1.29, 1.82) is 0 Å². The van der Waals surface area contributed by atoms with Crippen LogP contribution in [0.4, 0.5) is 10.2 Å². The zero-order valence-corrected chi connectivity index (χ0v) is 15.1. The summed E-state index contributed by atoms with van der Waals surface area (Å²) >= 11 is 0. The average molecular weight is 356 g/mol. The number of nitrogens with one attached hydrogen (secondary N) is 1. The summed E-state index contributed by atoms with van der Waals surface area (Å²) in [5.74, 6) is 1.09. The first-order chi connectivity index (χ1) is 12.7. The van der Waals surface area contributed by atoms with Crippen molar-refractivity contribution >= 4 is 11.7 Å². The molecule has 3 rings (SSSR count). The fourth-order valence-electron chi connectivity index (χ4n) is 3.56. The zero-order valence-electron chi connectivity index (χ0n) is 15.1. The van der Waals surface area contributed by atoms with E-state index in [1.807, 2.05) is 18.0 Å². The van der Waals surface area contributed by atoms with Crippen LogP contribution in [0.2, 0.25) is 0 Å². The number of aromatic nitrogens is 2. The molecule has 0 saturated carbocycles. The second-order valence-corrected chi connectivity index (χ2v) is 6.78. The quantitative estimate of drug-likeness (QED) is 0.864. The number of aryl methyl sites for hydroxylation is 1. The molecule has 0 aliphatic carbocycles. The fraction of sp³-hybridized carbons (Fsp3) is 0.450. The Morgan fingerprint density at radius 2 is 2.19 bits per heavy atom. The van der Waals surface area contributed by atoms with Gasteiger partial charge < -0.3 is 10.2 Å². The Kier molecular flexibility index (Phi) is 6.15. The van der Waals surface area contributed by atoms with Crippen molar-refractivity contribution in [2.75, 3.05) is 25.5 Å². The Balaban J connectivity index is 1.55. The van der Waals surface area contributed by atoms with Gasteiger partial charge in [-0.3, -0.25) is 9.78 Å². The predicted octanol–water partition coefficient (Wildman–Crippen LogP) is 3.07. The van der Waals surface area contributed by atoms with Crippen molar-refractivity contribution in [3.63, 3.8) is 0 Å². The third-order valence-corrected chi connectivity index (χ3v) is 4.88. The van der Waals surface area contributed by atoms with Crippen molar-refractivity contribution in [2.24, 2.45) is 5.92 Å². The Labute approximate surface area is 153 Å². The van der Waals surface area contributed by atoms with E-state index < -0.39 is 0 Å². The van der Waals surface area contributed by atoms with Crippen molar-refractivity contribution in [3.8, 4) is 0 Å². The Hall–Kier alpha value is -2.50. The highest BCUT2D eigenvalue weighted by Crippen LogP contribution is 2.23.